The van der Waals surface area contributed by atoms with E-state index in [1.807, 2.05) is 24.4 Å². The highest BCUT2D eigenvalue weighted by molar-refractivity contribution is 6.06. The van der Waals surface area contributed by atoms with Crippen molar-refractivity contribution in [2.75, 3.05) is 0 Å². The summed E-state index contributed by atoms with van der Waals surface area (Å²) in [6.07, 6.45) is 12.3. The Morgan fingerprint density at radius 2 is 1.15 bits per heavy atom. The van der Waals surface area contributed by atoms with E-state index in [0.29, 0.717) is 5.82 Å². The van der Waals surface area contributed by atoms with Crippen molar-refractivity contribution in [3.8, 4) is 73.0 Å². The zero-order chi connectivity index (χ0) is 39.6. The second kappa shape index (κ2) is 13.9. The van der Waals surface area contributed by atoms with E-state index in [9.17, 15) is 0 Å². The van der Waals surface area contributed by atoms with E-state index < -0.39 is 0 Å². The van der Waals surface area contributed by atoms with Crippen LogP contribution in [-0.2, 0) is 0 Å². The van der Waals surface area contributed by atoms with Crippen molar-refractivity contribution in [1.29, 1.82) is 0 Å². The van der Waals surface area contributed by atoms with E-state index in [1.54, 1.807) is 6.20 Å². The fraction of sp³-hybridized carbons (Fsp3) is 0.0364. The number of allylic oxidation sites excluding steroid dienone is 2. The SMILES string of the molecule is C1=CC2Oc3ccc(-c4cc(-c5ccc6oc7ccccc7c6c5)cc(-c5cc(-c6ccc(-c7cccnc7)cc6)nc(-c6cccc7ccccc67)n5)c4)cc3C2C=C1. The minimum atomic E-state index is 0.0176. The van der Waals surface area contributed by atoms with Gasteiger partial charge in [0.2, 0.25) is 0 Å². The number of furan rings is 1. The van der Waals surface area contributed by atoms with Gasteiger partial charge >= 0.3 is 0 Å². The Balaban J connectivity index is 1.06. The molecule has 1 aliphatic carbocycles. The number of ether oxygens (including phenoxy) is 1. The Hall–Kier alpha value is -7.89. The van der Waals surface area contributed by atoms with Crippen molar-refractivity contribution in [2.45, 2.75) is 12.0 Å². The minimum Gasteiger partial charge on any atom is -0.485 e. The summed E-state index contributed by atoms with van der Waals surface area (Å²) >= 11 is 0. The molecule has 0 radical (unpaired) electrons. The maximum atomic E-state index is 6.36. The fourth-order valence-corrected chi connectivity index (χ4v) is 8.89. The van der Waals surface area contributed by atoms with Gasteiger partial charge < -0.3 is 9.15 Å². The Morgan fingerprint density at radius 1 is 0.450 bits per heavy atom. The zero-order valence-corrected chi connectivity index (χ0v) is 32.4. The summed E-state index contributed by atoms with van der Waals surface area (Å²) in [5.74, 6) is 1.79. The summed E-state index contributed by atoms with van der Waals surface area (Å²) in [4.78, 5) is 15.0. The molecular formula is C55H35N3O2. The summed E-state index contributed by atoms with van der Waals surface area (Å²) < 4.78 is 12.6. The van der Waals surface area contributed by atoms with E-state index in [2.05, 4.69) is 175 Å². The van der Waals surface area contributed by atoms with Crippen LogP contribution in [0.1, 0.15) is 11.5 Å². The van der Waals surface area contributed by atoms with Crippen LogP contribution in [0, 0.1) is 0 Å². The number of aromatic nitrogens is 3. The molecule has 7 aromatic carbocycles. The number of nitrogens with zero attached hydrogens (tertiary/aromatic N) is 3. The van der Waals surface area contributed by atoms with Crippen LogP contribution in [0.2, 0.25) is 0 Å². The standard InChI is InChI=1S/C55H35N3O2/c1-2-12-43-35(9-1)10-7-15-46(43)55-57-49(36-20-18-34(19-21-36)39-11-8-26-56-33-39)32-50(58-55)42-28-40(37-22-24-53-47(30-37)44-13-3-5-16-51(44)59-53)27-41(29-42)38-23-25-54-48(31-38)45-14-4-6-17-52(45)60-54/h1-33,44,51H. The molecule has 10 aromatic rings. The lowest BCUT2D eigenvalue weighted by atomic mass is 9.89. The number of hydrogen-bond donors (Lipinski definition) is 0. The monoisotopic (exact) mass is 769 g/mol. The highest BCUT2D eigenvalue weighted by Crippen LogP contribution is 2.44. The van der Waals surface area contributed by atoms with Crippen molar-refractivity contribution in [3.63, 3.8) is 0 Å². The molecule has 1 aliphatic heterocycles. The molecule has 2 aliphatic rings. The second-order valence-electron chi connectivity index (χ2n) is 15.5. The first-order valence-electron chi connectivity index (χ1n) is 20.3. The van der Waals surface area contributed by atoms with Gasteiger partial charge in [0.25, 0.3) is 0 Å². The summed E-state index contributed by atoms with van der Waals surface area (Å²) in [5, 5.41) is 4.44. The Labute approximate surface area is 346 Å². The van der Waals surface area contributed by atoms with Crippen LogP contribution < -0.4 is 4.74 Å². The molecule has 2 unspecified atom stereocenters. The summed E-state index contributed by atoms with van der Waals surface area (Å²) in [6, 6.07) is 57.7. The first-order chi connectivity index (χ1) is 29.7. The number of para-hydroxylation sites is 1. The molecule has 2 atom stereocenters. The maximum Gasteiger partial charge on any atom is 0.161 e. The second-order valence-corrected chi connectivity index (χ2v) is 15.5. The quantitative estimate of drug-likeness (QED) is 0.169. The van der Waals surface area contributed by atoms with Crippen LogP contribution in [0.25, 0.3) is 100.0 Å². The first-order valence-corrected chi connectivity index (χ1v) is 20.3. The lowest BCUT2D eigenvalue weighted by molar-refractivity contribution is 0.269. The molecule has 0 saturated heterocycles. The van der Waals surface area contributed by atoms with Gasteiger partial charge in [-0.15, -0.1) is 0 Å². The van der Waals surface area contributed by atoms with E-state index >= 15 is 0 Å². The van der Waals surface area contributed by atoms with Gasteiger partial charge in [0.15, 0.2) is 5.82 Å². The van der Waals surface area contributed by atoms with Crippen molar-refractivity contribution >= 4 is 32.7 Å². The number of pyridine rings is 1. The van der Waals surface area contributed by atoms with Crippen molar-refractivity contribution in [1.82, 2.24) is 15.0 Å². The molecule has 5 heteroatoms. The Morgan fingerprint density at radius 3 is 2.02 bits per heavy atom. The average molecular weight is 770 g/mol. The van der Waals surface area contributed by atoms with Gasteiger partial charge in [-0.05, 0) is 111 Å². The van der Waals surface area contributed by atoms with E-state index in [0.717, 1.165) is 99.9 Å². The average Bonchev–Trinajstić information content (AvgIpc) is 3.89. The lowest BCUT2D eigenvalue weighted by Crippen LogP contribution is -2.15. The van der Waals surface area contributed by atoms with Crippen LogP contribution in [0.5, 0.6) is 5.75 Å². The number of fused-ring (bicyclic) bond motifs is 7. The molecule has 0 spiro atoms. The topological polar surface area (TPSA) is 61.0 Å². The molecule has 0 N–H and O–H groups in total. The maximum absolute atomic E-state index is 6.36. The molecule has 0 fully saturated rings. The van der Waals surface area contributed by atoms with Crippen LogP contribution in [0.4, 0.5) is 0 Å². The molecule has 0 amide bonds. The predicted molar refractivity (Wildman–Crippen MR) is 243 cm³/mol. The van der Waals surface area contributed by atoms with E-state index in [4.69, 9.17) is 19.1 Å². The van der Waals surface area contributed by atoms with Gasteiger partial charge in [0.1, 0.15) is 23.0 Å². The molecule has 3 aromatic heterocycles. The Kier molecular flexibility index (Phi) is 7.91. The van der Waals surface area contributed by atoms with Crippen LogP contribution in [-0.4, -0.2) is 21.1 Å². The number of hydrogen-bond acceptors (Lipinski definition) is 5. The van der Waals surface area contributed by atoms with E-state index in [1.165, 1.54) is 5.56 Å². The molecule has 12 rings (SSSR count). The number of benzene rings is 7. The third-order valence-electron chi connectivity index (χ3n) is 11.9. The van der Waals surface area contributed by atoms with Gasteiger partial charge in [-0.2, -0.15) is 0 Å². The highest BCUT2D eigenvalue weighted by Gasteiger charge is 2.32. The lowest BCUT2D eigenvalue weighted by Gasteiger charge is -2.15. The minimum absolute atomic E-state index is 0.0176. The molecule has 0 saturated carbocycles. The fourth-order valence-electron chi connectivity index (χ4n) is 8.89. The molecule has 4 heterocycles. The van der Waals surface area contributed by atoms with Crippen LogP contribution in [0.15, 0.2) is 205 Å². The van der Waals surface area contributed by atoms with E-state index in [-0.39, 0.29) is 12.0 Å². The van der Waals surface area contributed by atoms with Gasteiger partial charge in [-0.3, -0.25) is 4.98 Å². The molecule has 5 nitrogen and oxygen atoms in total. The smallest absolute Gasteiger partial charge is 0.161 e. The Bertz CT molecular complexity index is 3360. The van der Waals surface area contributed by atoms with Crippen molar-refractivity contribution in [3.05, 3.63) is 206 Å². The summed E-state index contributed by atoms with van der Waals surface area (Å²) in [5.41, 5.74) is 14.2. The van der Waals surface area contributed by atoms with Gasteiger partial charge in [0, 0.05) is 51.3 Å². The van der Waals surface area contributed by atoms with Gasteiger partial charge in [-0.1, -0.05) is 121 Å². The normalized spacial score (nSPS) is 15.3. The molecule has 282 valence electrons. The highest BCUT2D eigenvalue weighted by atomic mass is 16.5. The third kappa shape index (κ3) is 5.90. The predicted octanol–water partition coefficient (Wildman–Crippen LogP) is 13.9. The third-order valence-corrected chi connectivity index (χ3v) is 11.9. The molecule has 60 heavy (non-hydrogen) atoms. The van der Waals surface area contributed by atoms with Gasteiger partial charge in [-0.25, -0.2) is 9.97 Å². The van der Waals surface area contributed by atoms with Crippen LogP contribution in [0.3, 0.4) is 0 Å². The van der Waals surface area contributed by atoms with Gasteiger partial charge in [0.05, 0.1) is 11.4 Å². The largest absolute Gasteiger partial charge is 0.485 e. The van der Waals surface area contributed by atoms with Crippen LogP contribution >= 0.6 is 0 Å². The van der Waals surface area contributed by atoms with Crippen molar-refractivity contribution < 1.29 is 9.15 Å². The first kappa shape index (κ1) is 34.2. The summed E-state index contributed by atoms with van der Waals surface area (Å²) in [6.45, 7) is 0. The zero-order valence-electron chi connectivity index (χ0n) is 32.4. The number of rotatable bonds is 6. The van der Waals surface area contributed by atoms with Crippen molar-refractivity contribution in [2.24, 2.45) is 0 Å². The molecule has 0 bridgehead atoms. The summed E-state index contributed by atoms with van der Waals surface area (Å²) in [7, 11) is 0. The molecular weight excluding hydrogens is 735 g/mol.